The summed E-state index contributed by atoms with van der Waals surface area (Å²) in [5, 5.41) is 3.68. The summed E-state index contributed by atoms with van der Waals surface area (Å²) in [5.74, 6) is 0. The molecule has 0 amide bonds. The van der Waals surface area contributed by atoms with Crippen molar-refractivity contribution in [3.8, 4) is 0 Å². The zero-order valence-electron chi connectivity index (χ0n) is 6.40. The number of hydrogen-bond acceptors (Lipinski definition) is 1. The van der Waals surface area contributed by atoms with Crippen molar-refractivity contribution in [2.45, 2.75) is 19.9 Å². The van der Waals surface area contributed by atoms with Crippen LogP contribution in [0.2, 0.25) is 0 Å². The van der Waals surface area contributed by atoms with Gasteiger partial charge in [-0.3, -0.25) is 0 Å². The Hall–Kier alpha value is 0.0934. The van der Waals surface area contributed by atoms with E-state index in [2.05, 4.69) is 10.3 Å². The fraction of sp³-hybridized carbons (Fsp3) is 0.667. The second-order valence-corrected chi connectivity index (χ2v) is 1.62. The summed E-state index contributed by atoms with van der Waals surface area (Å²) >= 11 is 0. The first-order valence-electron chi connectivity index (χ1n) is 2.38. The first kappa shape index (κ1) is 16.0. The van der Waals surface area contributed by atoms with Gasteiger partial charge in [0, 0.05) is 0 Å². The third kappa shape index (κ3) is 17.9. The van der Waals surface area contributed by atoms with Crippen molar-refractivity contribution < 1.29 is 19.5 Å². The van der Waals surface area contributed by atoms with Crippen LogP contribution in [0.3, 0.4) is 0 Å². The average Bonchev–Trinajstić information content (AvgIpc) is 1.61. The van der Waals surface area contributed by atoms with E-state index >= 15 is 0 Å². The minimum absolute atomic E-state index is 0. The molecule has 0 heterocycles. The van der Waals surface area contributed by atoms with Crippen LogP contribution >= 0.6 is 0 Å². The molecule has 0 aliphatic carbocycles. The molecule has 0 aliphatic rings. The van der Waals surface area contributed by atoms with Crippen molar-refractivity contribution >= 4 is 6.34 Å². The molecule has 3 heteroatoms. The molecule has 0 fully saturated rings. The molecular formula is C6H14N2Ru. The SMILES string of the molecule is C[N-]C=NC(C)C.[CH3-].[Ru+2]. The first-order valence-corrected chi connectivity index (χ1v) is 2.38. The third-order valence-corrected chi connectivity index (χ3v) is 0.480. The van der Waals surface area contributed by atoms with Gasteiger partial charge in [-0.15, -0.1) is 6.34 Å². The van der Waals surface area contributed by atoms with Crippen molar-refractivity contribution in [3.63, 3.8) is 0 Å². The van der Waals surface area contributed by atoms with Gasteiger partial charge in [0.05, 0.1) is 0 Å². The quantitative estimate of drug-likeness (QED) is 0.291. The first-order chi connectivity index (χ1) is 3.27. The van der Waals surface area contributed by atoms with Crippen LogP contribution in [0.5, 0.6) is 0 Å². The number of aliphatic imine (C=N–C) groups is 1. The average molecular weight is 215 g/mol. The smallest absolute Gasteiger partial charge is 0.475 e. The largest absolute Gasteiger partial charge is 2.00 e. The fourth-order valence-electron chi connectivity index (χ4n) is 0.200. The van der Waals surface area contributed by atoms with Crippen molar-refractivity contribution in [1.29, 1.82) is 0 Å². The molecule has 0 spiro atoms. The summed E-state index contributed by atoms with van der Waals surface area (Å²) in [6.07, 6.45) is 1.57. The summed E-state index contributed by atoms with van der Waals surface area (Å²) < 4.78 is 0. The second kappa shape index (κ2) is 11.0. The molecule has 0 radical (unpaired) electrons. The monoisotopic (exact) mass is 216 g/mol. The maximum Gasteiger partial charge on any atom is 2.00 e. The maximum atomic E-state index is 3.95. The van der Waals surface area contributed by atoms with Gasteiger partial charge in [0.15, 0.2) is 0 Å². The minimum Gasteiger partial charge on any atom is -0.475 e. The Morgan fingerprint density at radius 2 is 1.89 bits per heavy atom. The Balaban J connectivity index is -0.000000180. The molecule has 9 heavy (non-hydrogen) atoms. The molecule has 0 bridgehead atoms. The van der Waals surface area contributed by atoms with Crippen LogP contribution in [0.1, 0.15) is 13.8 Å². The van der Waals surface area contributed by atoms with Crippen LogP contribution in [0.4, 0.5) is 0 Å². The van der Waals surface area contributed by atoms with Gasteiger partial charge in [0.1, 0.15) is 0 Å². The van der Waals surface area contributed by atoms with E-state index in [1.807, 2.05) is 13.8 Å². The van der Waals surface area contributed by atoms with Crippen molar-refractivity contribution in [2.75, 3.05) is 7.05 Å². The molecule has 0 unspecified atom stereocenters. The van der Waals surface area contributed by atoms with E-state index in [4.69, 9.17) is 0 Å². The van der Waals surface area contributed by atoms with Crippen LogP contribution in [0, 0.1) is 7.43 Å². The second-order valence-electron chi connectivity index (χ2n) is 1.62. The summed E-state index contributed by atoms with van der Waals surface area (Å²) in [4.78, 5) is 3.95. The molecular weight excluding hydrogens is 201 g/mol. The van der Waals surface area contributed by atoms with Crippen LogP contribution in [0.15, 0.2) is 4.99 Å². The molecule has 0 aliphatic heterocycles. The molecule has 0 rings (SSSR count). The van der Waals surface area contributed by atoms with E-state index in [9.17, 15) is 0 Å². The van der Waals surface area contributed by atoms with Gasteiger partial charge in [0.2, 0.25) is 0 Å². The van der Waals surface area contributed by atoms with E-state index < -0.39 is 0 Å². The van der Waals surface area contributed by atoms with Gasteiger partial charge >= 0.3 is 19.5 Å². The zero-order chi connectivity index (χ0) is 5.70. The summed E-state index contributed by atoms with van der Waals surface area (Å²) in [5.41, 5.74) is 0. The van der Waals surface area contributed by atoms with Gasteiger partial charge in [-0.25, -0.2) is 0 Å². The molecule has 0 aromatic rings. The van der Waals surface area contributed by atoms with Gasteiger partial charge in [-0.2, -0.15) is 0 Å². The predicted octanol–water partition coefficient (Wildman–Crippen LogP) is 1.87. The van der Waals surface area contributed by atoms with Crippen LogP contribution in [-0.2, 0) is 19.5 Å². The molecule has 0 aromatic carbocycles. The van der Waals surface area contributed by atoms with Crippen molar-refractivity contribution in [2.24, 2.45) is 4.99 Å². The Kier molecular flexibility index (Phi) is 19.5. The van der Waals surface area contributed by atoms with Gasteiger partial charge in [0.25, 0.3) is 0 Å². The third-order valence-electron chi connectivity index (χ3n) is 0.480. The van der Waals surface area contributed by atoms with E-state index in [0.29, 0.717) is 6.04 Å². The Morgan fingerprint density at radius 3 is 2.00 bits per heavy atom. The van der Waals surface area contributed by atoms with Crippen molar-refractivity contribution in [3.05, 3.63) is 12.7 Å². The van der Waals surface area contributed by atoms with E-state index in [-0.39, 0.29) is 26.9 Å². The number of nitrogens with zero attached hydrogens (tertiary/aromatic N) is 2. The summed E-state index contributed by atoms with van der Waals surface area (Å²) in [7, 11) is 1.71. The van der Waals surface area contributed by atoms with E-state index in [1.54, 1.807) is 13.4 Å². The van der Waals surface area contributed by atoms with E-state index in [0.717, 1.165) is 0 Å². The summed E-state index contributed by atoms with van der Waals surface area (Å²) in [6.45, 7) is 4.03. The van der Waals surface area contributed by atoms with Gasteiger partial charge in [-0.05, 0) is 6.04 Å². The normalized spacial score (nSPS) is 8.44. The molecule has 0 aromatic heterocycles. The van der Waals surface area contributed by atoms with E-state index in [1.165, 1.54) is 0 Å². The standard InChI is InChI=1S/C5H11N2.CH3.Ru/c1-5(2)7-4-6-3;;/h4-5H,1-3H3;1H3;/q2*-1;+2. The fourth-order valence-corrected chi connectivity index (χ4v) is 0.200. The van der Waals surface area contributed by atoms with Crippen LogP contribution in [-0.4, -0.2) is 19.4 Å². The Morgan fingerprint density at radius 1 is 1.44 bits per heavy atom. The molecule has 56 valence electrons. The topological polar surface area (TPSA) is 26.5 Å². The van der Waals surface area contributed by atoms with Crippen LogP contribution < -0.4 is 0 Å². The molecule has 0 atom stereocenters. The molecule has 0 saturated heterocycles. The number of rotatable bonds is 2. The minimum atomic E-state index is 0. The van der Waals surface area contributed by atoms with Gasteiger partial charge in [-0.1, -0.05) is 20.9 Å². The zero-order valence-corrected chi connectivity index (χ0v) is 8.14. The summed E-state index contributed by atoms with van der Waals surface area (Å²) in [6, 6.07) is 0.378. The molecule has 0 saturated carbocycles. The van der Waals surface area contributed by atoms with Crippen molar-refractivity contribution in [1.82, 2.24) is 0 Å². The number of hydrogen-bond donors (Lipinski definition) is 0. The molecule has 2 nitrogen and oxygen atoms in total. The Labute approximate surface area is 70.9 Å². The Bertz CT molecular complexity index is 62.1. The maximum absolute atomic E-state index is 3.95. The van der Waals surface area contributed by atoms with Crippen LogP contribution in [0.25, 0.3) is 5.32 Å². The predicted molar refractivity (Wildman–Crippen MR) is 39.3 cm³/mol. The van der Waals surface area contributed by atoms with Gasteiger partial charge < -0.3 is 17.7 Å². The molecule has 0 N–H and O–H groups in total.